The van der Waals surface area contributed by atoms with E-state index in [0.29, 0.717) is 12.1 Å². The molecule has 0 spiro atoms. The standard InChI is InChI=1S/C16H25NO/c1-3-17-15-9-11-16(12-10-15)18-13(2)14-7-5-4-6-8-14/h4-8,13,15-17H,3,9-12H2,1-2H3. The molecule has 0 radical (unpaired) electrons. The number of ether oxygens (including phenoxy) is 1. The second-order valence-electron chi connectivity index (χ2n) is 5.22. The van der Waals surface area contributed by atoms with Crippen LogP contribution in [0.3, 0.4) is 0 Å². The van der Waals surface area contributed by atoms with Crippen LogP contribution in [-0.2, 0) is 4.74 Å². The topological polar surface area (TPSA) is 21.3 Å². The summed E-state index contributed by atoms with van der Waals surface area (Å²) in [5.41, 5.74) is 1.28. The lowest BCUT2D eigenvalue weighted by atomic mass is 9.92. The molecule has 2 heteroatoms. The Labute approximate surface area is 111 Å². The Morgan fingerprint density at radius 1 is 1.17 bits per heavy atom. The van der Waals surface area contributed by atoms with Crippen LogP contribution in [0.1, 0.15) is 51.2 Å². The molecule has 18 heavy (non-hydrogen) atoms. The molecule has 0 saturated heterocycles. The normalized spacial score (nSPS) is 25.9. The van der Waals surface area contributed by atoms with Crippen LogP contribution in [0, 0.1) is 0 Å². The molecule has 0 aliphatic heterocycles. The zero-order chi connectivity index (χ0) is 12.8. The van der Waals surface area contributed by atoms with Crippen LogP contribution in [-0.4, -0.2) is 18.7 Å². The molecule has 100 valence electrons. The minimum Gasteiger partial charge on any atom is -0.371 e. The van der Waals surface area contributed by atoms with E-state index in [1.807, 2.05) is 0 Å². The molecule has 0 aromatic heterocycles. The fourth-order valence-corrected chi connectivity index (χ4v) is 2.78. The molecule has 0 heterocycles. The second-order valence-corrected chi connectivity index (χ2v) is 5.22. The Morgan fingerprint density at radius 2 is 1.83 bits per heavy atom. The van der Waals surface area contributed by atoms with E-state index in [0.717, 1.165) is 6.54 Å². The van der Waals surface area contributed by atoms with Crippen molar-refractivity contribution in [1.82, 2.24) is 5.32 Å². The summed E-state index contributed by atoms with van der Waals surface area (Å²) in [6.45, 7) is 5.42. The monoisotopic (exact) mass is 247 g/mol. The molecule has 2 nitrogen and oxygen atoms in total. The third-order valence-electron chi connectivity index (χ3n) is 3.83. The van der Waals surface area contributed by atoms with Gasteiger partial charge < -0.3 is 10.1 Å². The van der Waals surface area contributed by atoms with Gasteiger partial charge in [0, 0.05) is 6.04 Å². The van der Waals surface area contributed by atoms with Crippen LogP contribution >= 0.6 is 0 Å². The molecule has 1 saturated carbocycles. The largest absolute Gasteiger partial charge is 0.371 e. The summed E-state index contributed by atoms with van der Waals surface area (Å²) < 4.78 is 6.18. The average molecular weight is 247 g/mol. The molecule has 1 N–H and O–H groups in total. The maximum absolute atomic E-state index is 6.18. The van der Waals surface area contributed by atoms with Gasteiger partial charge in [-0.15, -0.1) is 0 Å². The minimum absolute atomic E-state index is 0.215. The van der Waals surface area contributed by atoms with Gasteiger partial charge in [0.05, 0.1) is 12.2 Å². The predicted octanol–water partition coefficient (Wildman–Crippen LogP) is 3.68. The smallest absolute Gasteiger partial charge is 0.0800 e. The minimum atomic E-state index is 0.215. The van der Waals surface area contributed by atoms with Crippen molar-refractivity contribution < 1.29 is 4.74 Å². The number of benzene rings is 1. The zero-order valence-corrected chi connectivity index (χ0v) is 11.6. The summed E-state index contributed by atoms with van der Waals surface area (Å²) in [5, 5.41) is 3.53. The Balaban J connectivity index is 1.78. The van der Waals surface area contributed by atoms with Crippen LogP contribution in [0.2, 0.25) is 0 Å². The van der Waals surface area contributed by atoms with Gasteiger partial charge in [0.15, 0.2) is 0 Å². The van der Waals surface area contributed by atoms with Gasteiger partial charge in [-0.1, -0.05) is 37.3 Å². The quantitative estimate of drug-likeness (QED) is 0.857. The van der Waals surface area contributed by atoms with Crippen molar-refractivity contribution >= 4 is 0 Å². The van der Waals surface area contributed by atoms with E-state index < -0.39 is 0 Å². The van der Waals surface area contributed by atoms with Gasteiger partial charge in [-0.05, 0) is 44.7 Å². The Kier molecular flexibility index (Phi) is 5.21. The van der Waals surface area contributed by atoms with Gasteiger partial charge in [-0.25, -0.2) is 0 Å². The summed E-state index contributed by atoms with van der Waals surface area (Å²) in [4.78, 5) is 0. The van der Waals surface area contributed by atoms with E-state index in [1.165, 1.54) is 31.2 Å². The van der Waals surface area contributed by atoms with Crippen molar-refractivity contribution in [3.63, 3.8) is 0 Å². The number of rotatable bonds is 5. The van der Waals surface area contributed by atoms with Crippen LogP contribution in [0.4, 0.5) is 0 Å². The second kappa shape index (κ2) is 6.91. The van der Waals surface area contributed by atoms with Crippen molar-refractivity contribution in [1.29, 1.82) is 0 Å². The average Bonchev–Trinajstić information content (AvgIpc) is 2.42. The molecule has 1 aliphatic carbocycles. The lowest BCUT2D eigenvalue weighted by Gasteiger charge is -2.31. The molecule has 1 aromatic carbocycles. The summed E-state index contributed by atoms with van der Waals surface area (Å²) in [7, 11) is 0. The summed E-state index contributed by atoms with van der Waals surface area (Å²) >= 11 is 0. The maximum Gasteiger partial charge on any atom is 0.0800 e. The van der Waals surface area contributed by atoms with E-state index in [1.54, 1.807) is 0 Å². The molecular formula is C16H25NO. The van der Waals surface area contributed by atoms with Crippen LogP contribution in [0.5, 0.6) is 0 Å². The van der Waals surface area contributed by atoms with Crippen LogP contribution in [0.25, 0.3) is 0 Å². The van der Waals surface area contributed by atoms with Gasteiger partial charge in [-0.3, -0.25) is 0 Å². The van der Waals surface area contributed by atoms with Gasteiger partial charge in [0.1, 0.15) is 0 Å². The third-order valence-corrected chi connectivity index (χ3v) is 3.83. The first-order valence-corrected chi connectivity index (χ1v) is 7.23. The summed E-state index contributed by atoms with van der Waals surface area (Å²) in [5.74, 6) is 0. The molecule has 1 aliphatic rings. The Morgan fingerprint density at radius 3 is 2.44 bits per heavy atom. The van der Waals surface area contributed by atoms with Gasteiger partial charge >= 0.3 is 0 Å². The third kappa shape index (κ3) is 3.82. The van der Waals surface area contributed by atoms with Crippen molar-refractivity contribution in [2.45, 2.75) is 57.8 Å². The van der Waals surface area contributed by atoms with Gasteiger partial charge in [-0.2, -0.15) is 0 Å². The van der Waals surface area contributed by atoms with Crippen LogP contribution < -0.4 is 5.32 Å². The summed E-state index contributed by atoms with van der Waals surface area (Å²) in [6.07, 6.45) is 5.53. The van der Waals surface area contributed by atoms with Crippen LogP contribution in [0.15, 0.2) is 30.3 Å². The van der Waals surface area contributed by atoms with Crippen molar-refractivity contribution in [2.75, 3.05) is 6.54 Å². The molecule has 1 atom stereocenters. The van der Waals surface area contributed by atoms with E-state index in [-0.39, 0.29) is 6.10 Å². The molecule has 1 aromatic rings. The van der Waals surface area contributed by atoms with Crippen molar-refractivity contribution in [3.8, 4) is 0 Å². The number of nitrogens with one attached hydrogen (secondary N) is 1. The first-order chi connectivity index (χ1) is 8.79. The molecule has 0 amide bonds. The highest BCUT2D eigenvalue weighted by Gasteiger charge is 2.22. The molecule has 0 bridgehead atoms. The van der Waals surface area contributed by atoms with E-state index in [2.05, 4.69) is 49.5 Å². The van der Waals surface area contributed by atoms with E-state index >= 15 is 0 Å². The molecule has 2 rings (SSSR count). The van der Waals surface area contributed by atoms with E-state index in [9.17, 15) is 0 Å². The highest BCUT2D eigenvalue weighted by molar-refractivity contribution is 5.16. The lowest BCUT2D eigenvalue weighted by molar-refractivity contribution is -0.0262. The fraction of sp³-hybridized carbons (Fsp3) is 0.625. The number of hydrogen-bond acceptors (Lipinski definition) is 2. The Bertz CT molecular complexity index is 330. The highest BCUT2D eigenvalue weighted by atomic mass is 16.5. The van der Waals surface area contributed by atoms with Crippen molar-refractivity contribution in [2.24, 2.45) is 0 Å². The number of hydrogen-bond donors (Lipinski definition) is 1. The fourth-order valence-electron chi connectivity index (χ4n) is 2.78. The maximum atomic E-state index is 6.18. The summed E-state index contributed by atoms with van der Waals surface area (Å²) in [6, 6.07) is 11.2. The van der Waals surface area contributed by atoms with Gasteiger partial charge in [0.2, 0.25) is 0 Å². The molecular weight excluding hydrogens is 222 g/mol. The van der Waals surface area contributed by atoms with Gasteiger partial charge in [0.25, 0.3) is 0 Å². The van der Waals surface area contributed by atoms with Crippen molar-refractivity contribution in [3.05, 3.63) is 35.9 Å². The molecule has 1 unspecified atom stereocenters. The first kappa shape index (κ1) is 13.6. The van der Waals surface area contributed by atoms with E-state index in [4.69, 9.17) is 4.74 Å². The highest BCUT2D eigenvalue weighted by Crippen LogP contribution is 2.26. The molecule has 1 fully saturated rings. The SMILES string of the molecule is CCNC1CCC(OC(C)c2ccccc2)CC1. The predicted molar refractivity (Wildman–Crippen MR) is 75.7 cm³/mol. The first-order valence-electron chi connectivity index (χ1n) is 7.23. The Hall–Kier alpha value is -0.860. The zero-order valence-electron chi connectivity index (χ0n) is 11.6. The lowest BCUT2D eigenvalue weighted by Crippen LogP contribution is -2.35.